The summed E-state index contributed by atoms with van der Waals surface area (Å²) in [7, 11) is 0. The summed E-state index contributed by atoms with van der Waals surface area (Å²) in [6.07, 6.45) is 0.0880. The number of hydrogen-bond donors (Lipinski definition) is 0. The summed E-state index contributed by atoms with van der Waals surface area (Å²) < 4.78 is 6.78. The van der Waals surface area contributed by atoms with Crippen LogP contribution in [-0.2, 0) is 9.53 Å². The molecule has 0 amide bonds. The second-order valence-corrected chi connectivity index (χ2v) is 11.3. The Hall–Kier alpha value is -3.83. The van der Waals surface area contributed by atoms with Gasteiger partial charge in [0, 0.05) is 33.5 Å². The number of Topliss-reactive ketones (excluding diaryl/α,β-unsaturated/α-hetero) is 1. The van der Waals surface area contributed by atoms with Crippen molar-refractivity contribution in [2.45, 2.75) is 44.8 Å². The van der Waals surface area contributed by atoms with Gasteiger partial charge in [-0.1, -0.05) is 119 Å². The number of nitrogens with zero attached hydrogens (tertiary/aromatic N) is 1. The molecule has 0 saturated heterocycles. The highest BCUT2D eigenvalue weighted by molar-refractivity contribution is 9.10. The fraction of sp³-hybridized carbons (Fsp3) is 0.206. The van der Waals surface area contributed by atoms with Crippen LogP contribution in [0.25, 0.3) is 0 Å². The molecule has 4 rings (SSSR count). The summed E-state index contributed by atoms with van der Waals surface area (Å²) in [5.41, 5.74) is 3.11. The minimum Gasteiger partial charge on any atom is -0.458 e. The van der Waals surface area contributed by atoms with Crippen LogP contribution in [0.5, 0.6) is 0 Å². The van der Waals surface area contributed by atoms with Gasteiger partial charge in [-0.3, -0.25) is 9.79 Å². The molecule has 0 spiro atoms. The van der Waals surface area contributed by atoms with Crippen molar-refractivity contribution in [3.05, 3.63) is 142 Å². The second-order valence-electron chi connectivity index (χ2n) is 10.3. The number of carbonyl (C=O) groups is 2. The molecule has 0 aliphatic carbocycles. The molecule has 0 N–H and O–H groups in total. The molecule has 0 fully saturated rings. The fourth-order valence-electron chi connectivity index (χ4n) is 4.41. The molecule has 198 valence electrons. The van der Waals surface area contributed by atoms with E-state index in [1.807, 2.05) is 124 Å². The van der Waals surface area contributed by atoms with Crippen molar-refractivity contribution in [3.63, 3.8) is 0 Å². The molecule has 39 heavy (non-hydrogen) atoms. The van der Waals surface area contributed by atoms with Crippen LogP contribution >= 0.6 is 15.9 Å². The largest absolute Gasteiger partial charge is 0.458 e. The van der Waals surface area contributed by atoms with Crippen molar-refractivity contribution < 1.29 is 14.3 Å². The summed E-state index contributed by atoms with van der Waals surface area (Å²) in [6.45, 7) is 5.51. The van der Waals surface area contributed by atoms with Crippen LogP contribution in [0.1, 0.15) is 60.2 Å². The van der Waals surface area contributed by atoms with Gasteiger partial charge in [0.25, 0.3) is 0 Å². The summed E-state index contributed by atoms with van der Waals surface area (Å²) in [6, 6.07) is 35.5. The minimum absolute atomic E-state index is 0.0645. The molecule has 0 radical (unpaired) electrons. The zero-order chi connectivity index (χ0) is 27.8. The van der Waals surface area contributed by atoms with Crippen molar-refractivity contribution in [1.82, 2.24) is 0 Å². The van der Waals surface area contributed by atoms with E-state index in [-0.39, 0.29) is 12.2 Å². The number of carbonyl (C=O) groups excluding carboxylic acids is 2. The quantitative estimate of drug-likeness (QED) is 0.114. The molecule has 0 unspecified atom stereocenters. The zero-order valence-corrected chi connectivity index (χ0v) is 24.0. The van der Waals surface area contributed by atoms with Crippen LogP contribution < -0.4 is 0 Å². The van der Waals surface area contributed by atoms with Crippen molar-refractivity contribution in [3.8, 4) is 0 Å². The third-order valence-corrected chi connectivity index (χ3v) is 6.66. The molecule has 5 heteroatoms. The van der Waals surface area contributed by atoms with Crippen LogP contribution in [0.15, 0.2) is 125 Å². The van der Waals surface area contributed by atoms with Crippen LogP contribution in [0, 0.1) is 0 Å². The van der Waals surface area contributed by atoms with Crippen molar-refractivity contribution in [1.29, 1.82) is 0 Å². The number of halogens is 1. The number of ketones is 1. The van der Waals surface area contributed by atoms with Gasteiger partial charge in [-0.15, -0.1) is 0 Å². The highest BCUT2D eigenvalue weighted by atomic mass is 79.9. The maximum absolute atomic E-state index is 13.9. The summed E-state index contributed by atoms with van der Waals surface area (Å²) in [5.74, 6) is -1.10. The van der Waals surface area contributed by atoms with Crippen LogP contribution in [0.2, 0.25) is 0 Å². The molecule has 4 nitrogen and oxygen atoms in total. The van der Waals surface area contributed by atoms with Gasteiger partial charge in [-0.25, -0.2) is 4.79 Å². The van der Waals surface area contributed by atoms with Crippen LogP contribution in [0.4, 0.5) is 0 Å². The van der Waals surface area contributed by atoms with Gasteiger partial charge in [0.2, 0.25) is 0 Å². The third-order valence-electron chi connectivity index (χ3n) is 6.17. The van der Waals surface area contributed by atoms with E-state index in [4.69, 9.17) is 9.73 Å². The van der Waals surface area contributed by atoms with Crippen molar-refractivity contribution >= 4 is 33.4 Å². The summed E-state index contributed by atoms with van der Waals surface area (Å²) >= 11 is 3.56. The molecule has 0 aliphatic heterocycles. The minimum atomic E-state index is -0.971. The molecule has 2 atom stereocenters. The first-order chi connectivity index (χ1) is 18.7. The molecule has 4 aromatic rings. The monoisotopic (exact) mass is 581 g/mol. The number of ether oxygens (including phenoxy) is 1. The first-order valence-corrected chi connectivity index (χ1v) is 13.8. The van der Waals surface area contributed by atoms with Crippen LogP contribution in [0.3, 0.4) is 0 Å². The van der Waals surface area contributed by atoms with Crippen molar-refractivity contribution in [2.75, 3.05) is 0 Å². The van der Waals surface area contributed by atoms with E-state index in [0.717, 1.165) is 21.2 Å². The first-order valence-electron chi connectivity index (χ1n) is 13.0. The van der Waals surface area contributed by atoms with Gasteiger partial charge in [0.1, 0.15) is 5.60 Å². The Bertz CT molecular complexity index is 1390. The maximum Gasteiger partial charge on any atom is 0.332 e. The highest BCUT2D eigenvalue weighted by Crippen LogP contribution is 2.32. The molecule has 0 aliphatic rings. The molecule has 0 aromatic heterocycles. The average Bonchev–Trinajstić information content (AvgIpc) is 2.93. The number of rotatable bonds is 9. The number of hydrogen-bond acceptors (Lipinski definition) is 4. The van der Waals surface area contributed by atoms with Gasteiger partial charge in [-0.05, 0) is 38.5 Å². The Morgan fingerprint density at radius 2 is 1.26 bits per heavy atom. The molecular formula is C34H32BrNO3. The second kappa shape index (κ2) is 12.8. The van der Waals surface area contributed by atoms with Gasteiger partial charge in [0.05, 0.1) is 5.71 Å². The Kier molecular flexibility index (Phi) is 9.26. The summed E-state index contributed by atoms with van der Waals surface area (Å²) in [5, 5.41) is 0. The van der Waals surface area contributed by atoms with E-state index in [0.29, 0.717) is 11.3 Å². The standard InChI is InChI=1S/C34H32BrNO3/c1-34(2,3)39-33(38)32(36-31(25-16-9-5-10-17-25)26-18-11-6-12-19-26)29(27-20-13-21-28(35)22-27)23-30(37)24-14-7-4-8-15-24/h4-22,29,32H,23H2,1-3H3/t29-,32+/m1/s1. The van der Waals surface area contributed by atoms with Crippen LogP contribution in [-0.4, -0.2) is 29.1 Å². The van der Waals surface area contributed by atoms with E-state index in [9.17, 15) is 9.59 Å². The topological polar surface area (TPSA) is 55.7 Å². The van der Waals surface area contributed by atoms with E-state index in [1.165, 1.54) is 0 Å². The normalized spacial score (nSPS) is 12.7. The van der Waals surface area contributed by atoms with Gasteiger partial charge < -0.3 is 4.74 Å². The third kappa shape index (κ3) is 7.84. The average molecular weight is 583 g/mol. The molecule has 4 aromatic carbocycles. The predicted molar refractivity (Wildman–Crippen MR) is 160 cm³/mol. The number of esters is 1. The fourth-order valence-corrected chi connectivity index (χ4v) is 4.82. The van der Waals surface area contributed by atoms with Gasteiger partial charge >= 0.3 is 5.97 Å². The number of aliphatic imine (C=N–C) groups is 1. The van der Waals surface area contributed by atoms with E-state index in [2.05, 4.69) is 15.9 Å². The molecule has 0 heterocycles. The highest BCUT2D eigenvalue weighted by Gasteiger charge is 2.35. The van der Waals surface area contributed by atoms with E-state index >= 15 is 0 Å². The predicted octanol–water partition coefficient (Wildman–Crippen LogP) is 8.05. The Morgan fingerprint density at radius 1 is 0.744 bits per heavy atom. The molecular weight excluding hydrogens is 550 g/mol. The van der Waals surface area contributed by atoms with Gasteiger partial charge in [-0.2, -0.15) is 0 Å². The SMILES string of the molecule is CC(C)(C)OC(=O)[C@@H](N=C(c1ccccc1)c1ccccc1)[C@H](CC(=O)c1ccccc1)c1cccc(Br)c1. The zero-order valence-electron chi connectivity index (χ0n) is 22.4. The van der Waals surface area contributed by atoms with Crippen molar-refractivity contribution in [2.24, 2.45) is 4.99 Å². The maximum atomic E-state index is 13.9. The lowest BCUT2D eigenvalue weighted by Crippen LogP contribution is -2.36. The lowest BCUT2D eigenvalue weighted by atomic mass is 9.85. The Morgan fingerprint density at radius 3 is 1.74 bits per heavy atom. The summed E-state index contributed by atoms with van der Waals surface area (Å²) in [4.78, 5) is 32.6. The lowest BCUT2D eigenvalue weighted by molar-refractivity contribution is -0.156. The smallest absolute Gasteiger partial charge is 0.332 e. The molecule has 0 bridgehead atoms. The Balaban J connectivity index is 1.90. The number of benzene rings is 4. The molecule has 0 saturated carbocycles. The van der Waals surface area contributed by atoms with E-state index < -0.39 is 23.5 Å². The lowest BCUT2D eigenvalue weighted by Gasteiger charge is -2.28. The van der Waals surface area contributed by atoms with Gasteiger partial charge in [0.15, 0.2) is 11.8 Å². The Labute approximate surface area is 238 Å². The first kappa shape index (κ1) is 28.2. The van der Waals surface area contributed by atoms with E-state index in [1.54, 1.807) is 12.1 Å².